The van der Waals surface area contributed by atoms with E-state index in [0.717, 1.165) is 6.42 Å². The summed E-state index contributed by atoms with van der Waals surface area (Å²) < 4.78 is 0. The van der Waals surface area contributed by atoms with Crippen molar-refractivity contribution in [2.45, 2.75) is 64.1 Å². The molecule has 164 valence electrons. The number of hydrogen-bond donors (Lipinski definition) is 6. The van der Waals surface area contributed by atoms with Crippen LogP contribution in [0.4, 0.5) is 0 Å². The molecule has 1 aliphatic rings. The van der Waals surface area contributed by atoms with E-state index >= 15 is 0 Å². The van der Waals surface area contributed by atoms with Gasteiger partial charge < -0.3 is 31.5 Å². The van der Waals surface area contributed by atoms with Crippen LogP contribution in [0.5, 0.6) is 0 Å². The molecule has 0 spiro atoms. The maximum absolute atomic E-state index is 12.4. The lowest BCUT2D eigenvalue weighted by atomic mass is 9.99. The molecule has 0 aliphatic carbocycles. The van der Waals surface area contributed by atoms with Crippen molar-refractivity contribution in [1.82, 2.24) is 21.3 Å². The number of carbonyl (C=O) groups excluding carboxylic acids is 3. The Balaban J connectivity index is 2.63. The van der Waals surface area contributed by atoms with E-state index in [-0.39, 0.29) is 18.8 Å². The predicted molar refractivity (Wildman–Crippen MR) is 102 cm³/mol. The summed E-state index contributed by atoms with van der Waals surface area (Å²) in [6.07, 6.45) is 1.52. The van der Waals surface area contributed by atoms with Gasteiger partial charge in [0.2, 0.25) is 17.7 Å². The summed E-state index contributed by atoms with van der Waals surface area (Å²) in [5, 5.41) is 28.3. The van der Waals surface area contributed by atoms with Gasteiger partial charge in [0.25, 0.3) is 0 Å². The first-order valence-corrected chi connectivity index (χ1v) is 9.71. The van der Waals surface area contributed by atoms with Gasteiger partial charge >= 0.3 is 11.9 Å². The van der Waals surface area contributed by atoms with Crippen LogP contribution in [-0.4, -0.2) is 71.1 Å². The lowest BCUT2D eigenvalue weighted by Gasteiger charge is -2.22. The summed E-state index contributed by atoms with van der Waals surface area (Å²) in [4.78, 5) is 58.7. The highest BCUT2D eigenvalue weighted by atomic mass is 16.4. The fourth-order valence-corrected chi connectivity index (χ4v) is 2.92. The Bertz CT molecular complexity index is 619. The molecule has 0 aromatic rings. The van der Waals surface area contributed by atoms with Gasteiger partial charge in [-0.2, -0.15) is 0 Å². The summed E-state index contributed by atoms with van der Waals surface area (Å²) in [6.45, 7) is 3.68. The first kappa shape index (κ1) is 24.3. The topological polar surface area (TPSA) is 174 Å². The molecule has 11 nitrogen and oxygen atoms in total. The molecule has 1 heterocycles. The number of carbonyl (C=O) groups is 5. The van der Waals surface area contributed by atoms with Crippen LogP contribution < -0.4 is 21.3 Å². The minimum absolute atomic E-state index is 0.133. The molecule has 4 atom stereocenters. The molecule has 1 fully saturated rings. The van der Waals surface area contributed by atoms with Crippen molar-refractivity contribution in [3.8, 4) is 0 Å². The highest BCUT2D eigenvalue weighted by Gasteiger charge is 2.29. The maximum atomic E-state index is 12.4. The third kappa shape index (κ3) is 8.46. The molecule has 0 aromatic heterocycles. The molecule has 11 heteroatoms. The van der Waals surface area contributed by atoms with Crippen molar-refractivity contribution in [2.24, 2.45) is 5.92 Å². The largest absolute Gasteiger partial charge is 0.481 e. The maximum Gasteiger partial charge on any atom is 0.326 e. The molecule has 1 rings (SSSR count). The zero-order valence-corrected chi connectivity index (χ0v) is 16.7. The van der Waals surface area contributed by atoms with Crippen molar-refractivity contribution in [3.63, 3.8) is 0 Å². The van der Waals surface area contributed by atoms with Gasteiger partial charge in [-0.1, -0.05) is 20.3 Å². The Labute approximate surface area is 169 Å². The molecule has 0 bridgehead atoms. The van der Waals surface area contributed by atoms with E-state index in [1.54, 1.807) is 13.8 Å². The standard InChI is InChI=1S/C18H30N4O7/c1-3-10(2)15(18(28)29)22-13(23)9-20-16(26)12(6-7-14(24)25)21-17(27)11-5-4-8-19-11/h10-12,15,19H,3-9H2,1-2H3,(H,20,26)(H,21,27)(H,22,23)(H,24,25)(H,28,29). The highest BCUT2D eigenvalue weighted by Crippen LogP contribution is 2.08. The molecule has 0 saturated carbocycles. The van der Waals surface area contributed by atoms with Crippen molar-refractivity contribution >= 4 is 29.7 Å². The van der Waals surface area contributed by atoms with Gasteiger partial charge in [-0.15, -0.1) is 0 Å². The van der Waals surface area contributed by atoms with Crippen LogP contribution >= 0.6 is 0 Å². The van der Waals surface area contributed by atoms with Crippen molar-refractivity contribution in [1.29, 1.82) is 0 Å². The zero-order chi connectivity index (χ0) is 22.0. The average Bonchev–Trinajstić information content (AvgIpc) is 3.21. The third-order valence-corrected chi connectivity index (χ3v) is 4.88. The predicted octanol–water partition coefficient (Wildman–Crippen LogP) is -1.18. The zero-order valence-electron chi connectivity index (χ0n) is 16.7. The molecule has 1 saturated heterocycles. The first-order valence-electron chi connectivity index (χ1n) is 9.71. The van der Waals surface area contributed by atoms with Gasteiger partial charge in [0.15, 0.2) is 0 Å². The average molecular weight is 414 g/mol. The van der Waals surface area contributed by atoms with E-state index in [1.807, 2.05) is 0 Å². The van der Waals surface area contributed by atoms with E-state index in [4.69, 9.17) is 5.11 Å². The second kappa shape index (κ2) is 12.0. The van der Waals surface area contributed by atoms with E-state index in [1.165, 1.54) is 0 Å². The van der Waals surface area contributed by atoms with Gasteiger partial charge in [-0.3, -0.25) is 19.2 Å². The van der Waals surface area contributed by atoms with Crippen molar-refractivity contribution in [2.75, 3.05) is 13.1 Å². The molecule has 29 heavy (non-hydrogen) atoms. The van der Waals surface area contributed by atoms with Crippen molar-refractivity contribution < 1.29 is 34.2 Å². The van der Waals surface area contributed by atoms with Crippen LogP contribution in [0.25, 0.3) is 0 Å². The number of amides is 3. The van der Waals surface area contributed by atoms with Gasteiger partial charge in [-0.25, -0.2) is 4.79 Å². The summed E-state index contributed by atoms with van der Waals surface area (Å²) in [5.41, 5.74) is 0. The Morgan fingerprint density at radius 2 is 1.83 bits per heavy atom. The molecule has 0 aromatic carbocycles. The summed E-state index contributed by atoms with van der Waals surface area (Å²) in [7, 11) is 0. The minimum Gasteiger partial charge on any atom is -0.481 e. The monoisotopic (exact) mass is 414 g/mol. The molecule has 1 aliphatic heterocycles. The van der Waals surface area contributed by atoms with Crippen molar-refractivity contribution in [3.05, 3.63) is 0 Å². The second-order valence-corrected chi connectivity index (χ2v) is 7.13. The van der Waals surface area contributed by atoms with E-state index in [0.29, 0.717) is 19.4 Å². The summed E-state index contributed by atoms with van der Waals surface area (Å²) >= 11 is 0. The Kier molecular flexibility index (Phi) is 10.1. The van der Waals surface area contributed by atoms with Crippen LogP contribution in [-0.2, 0) is 24.0 Å². The lowest BCUT2D eigenvalue weighted by Crippen LogP contribution is -2.54. The fourth-order valence-electron chi connectivity index (χ4n) is 2.92. The van der Waals surface area contributed by atoms with E-state index < -0.39 is 54.3 Å². The van der Waals surface area contributed by atoms with E-state index in [2.05, 4.69) is 21.3 Å². The SMILES string of the molecule is CCC(C)C(NC(=O)CNC(=O)C(CCC(=O)O)NC(=O)C1CCCN1)C(=O)O. The minimum atomic E-state index is -1.17. The number of nitrogens with one attached hydrogen (secondary N) is 4. The summed E-state index contributed by atoms with van der Waals surface area (Å²) in [5.74, 6) is -4.38. The fraction of sp³-hybridized carbons (Fsp3) is 0.722. The lowest BCUT2D eigenvalue weighted by molar-refractivity contribution is -0.143. The van der Waals surface area contributed by atoms with Gasteiger partial charge in [0.1, 0.15) is 12.1 Å². The Hall–Kier alpha value is -2.69. The van der Waals surface area contributed by atoms with Crippen LogP contribution in [0.1, 0.15) is 46.0 Å². The highest BCUT2D eigenvalue weighted by molar-refractivity contribution is 5.93. The number of aliphatic carboxylic acids is 2. The van der Waals surface area contributed by atoms with Gasteiger partial charge in [0.05, 0.1) is 12.6 Å². The molecule has 0 radical (unpaired) electrons. The van der Waals surface area contributed by atoms with Gasteiger partial charge in [0, 0.05) is 6.42 Å². The molecular weight excluding hydrogens is 384 g/mol. The molecule has 4 unspecified atom stereocenters. The summed E-state index contributed by atoms with van der Waals surface area (Å²) in [6, 6.07) is -2.63. The number of hydrogen-bond acceptors (Lipinski definition) is 6. The normalized spacial score (nSPS) is 18.9. The number of carboxylic acid groups (broad SMARTS) is 2. The Morgan fingerprint density at radius 1 is 1.14 bits per heavy atom. The van der Waals surface area contributed by atoms with E-state index in [9.17, 15) is 29.1 Å². The third-order valence-electron chi connectivity index (χ3n) is 4.88. The van der Waals surface area contributed by atoms with Gasteiger partial charge in [-0.05, 0) is 31.7 Å². The first-order chi connectivity index (χ1) is 13.6. The molecular formula is C18H30N4O7. The van der Waals surface area contributed by atoms with Crippen LogP contribution in [0.2, 0.25) is 0 Å². The molecule has 6 N–H and O–H groups in total. The second-order valence-electron chi connectivity index (χ2n) is 7.13. The Morgan fingerprint density at radius 3 is 2.34 bits per heavy atom. The van der Waals surface area contributed by atoms with Crippen LogP contribution in [0.15, 0.2) is 0 Å². The van der Waals surface area contributed by atoms with Crippen LogP contribution in [0.3, 0.4) is 0 Å². The number of carboxylic acids is 2. The smallest absolute Gasteiger partial charge is 0.326 e. The molecule has 3 amide bonds. The quantitative estimate of drug-likeness (QED) is 0.231. The van der Waals surface area contributed by atoms with Crippen LogP contribution in [0, 0.1) is 5.92 Å². The number of rotatable bonds is 12.